The van der Waals surface area contributed by atoms with Gasteiger partial charge in [-0.15, -0.1) is 0 Å². The van der Waals surface area contributed by atoms with E-state index < -0.39 is 0 Å². The number of rotatable bonds is 2. The van der Waals surface area contributed by atoms with E-state index >= 15 is 0 Å². The van der Waals surface area contributed by atoms with Crippen LogP contribution >= 0.6 is 0 Å². The van der Waals surface area contributed by atoms with Gasteiger partial charge in [0.25, 0.3) is 0 Å². The molecule has 1 saturated heterocycles. The molecule has 8 atom stereocenters. The van der Waals surface area contributed by atoms with E-state index in [1.807, 2.05) is 0 Å². The molecule has 4 heteroatoms. The first-order valence-corrected chi connectivity index (χ1v) is 10.8. The minimum atomic E-state index is -0.173. The van der Waals surface area contributed by atoms with Crippen molar-refractivity contribution in [3.63, 3.8) is 0 Å². The predicted molar refractivity (Wildman–Crippen MR) is 101 cm³/mol. The van der Waals surface area contributed by atoms with Crippen LogP contribution in [0.15, 0.2) is 11.6 Å². The fourth-order valence-corrected chi connectivity index (χ4v) is 8.09. The topological polar surface area (TPSA) is 55.9 Å². The van der Waals surface area contributed by atoms with Crippen molar-refractivity contribution in [1.82, 2.24) is 0 Å². The molecule has 1 heterocycles. The lowest BCUT2D eigenvalue weighted by Gasteiger charge is -2.59. The average Bonchev–Trinajstić information content (AvgIpc) is 3.15. The summed E-state index contributed by atoms with van der Waals surface area (Å²) < 4.78 is 12.0. The zero-order valence-corrected chi connectivity index (χ0v) is 17.0. The summed E-state index contributed by atoms with van der Waals surface area (Å²) in [4.78, 5) is 23.7. The second kappa shape index (κ2) is 5.46. The van der Waals surface area contributed by atoms with Crippen LogP contribution in [0.5, 0.6) is 0 Å². The third-order valence-corrected chi connectivity index (χ3v) is 9.33. The summed E-state index contributed by atoms with van der Waals surface area (Å²) in [5.74, 6) is 1.98. The molecule has 0 bridgehead atoms. The minimum Gasteiger partial charge on any atom is -0.462 e. The van der Waals surface area contributed by atoms with Crippen LogP contribution in [0.1, 0.15) is 72.6 Å². The van der Waals surface area contributed by atoms with E-state index in [2.05, 4.69) is 19.9 Å². The first-order chi connectivity index (χ1) is 12.7. The molecule has 5 rings (SSSR count). The van der Waals surface area contributed by atoms with E-state index in [-0.39, 0.29) is 34.3 Å². The van der Waals surface area contributed by atoms with Crippen LogP contribution in [0.25, 0.3) is 0 Å². The summed E-state index contributed by atoms with van der Waals surface area (Å²) in [6.45, 7) is 8.03. The van der Waals surface area contributed by atoms with Crippen LogP contribution in [-0.4, -0.2) is 29.6 Å². The van der Waals surface area contributed by atoms with Crippen molar-refractivity contribution in [2.24, 2.45) is 28.6 Å². The van der Waals surface area contributed by atoms with Gasteiger partial charge in [-0.2, -0.15) is 0 Å². The van der Waals surface area contributed by atoms with E-state index in [1.54, 1.807) is 6.92 Å². The van der Waals surface area contributed by atoms with Crippen molar-refractivity contribution < 1.29 is 19.1 Å². The Balaban J connectivity index is 1.43. The highest BCUT2D eigenvalue weighted by atomic mass is 16.6. The molecule has 0 aromatic rings. The zero-order chi connectivity index (χ0) is 19.2. The largest absolute Gasteiger partial charge is 0.462 e. The number of fused-ring (bicyclic) bond motifs is 4. The average molecular weight is 373 g/mol. The zero-order valence-electron chi connectivity index (χ0n) is 17.0. The number of allylic oxidation sites excluding steroid dienone is 2. The van der Waals surface area contributed by atoms with Crippen molar-refractivity contribution in [2.45, 2.75) is 90.4 Å². The number of epoxide rings is 1. The van der Waals surface area contributed by atoms with Gasteiger partial charge in [0, 0.05) is 18.8 Å². The summed E-state index contributed by atoms with van der Waals surface area (Å²) in [6, 6.07) is 0. The van der Waals surface area contributed by atoms with Crippen molar-refractivity contribution in [2.75, 3.05) is 0 Å². The van der Waals surface area contributed by atoms with Crippen LogP contribution in [-0.2, 0) is 19.1 Å². The molecule has 3 saturated carbocycles. The summed E-state index contributed by atoms with van der Waals surface area (Å²) in [5.41, 5.74) is 1.25. The fraction of sp³-hybridized carbons (Fsp3) is 0.826. The molecule has 0 unspecified atom stereocenters. The normalized spacial score (nSPS) is 52.6. The number of hydrogen-bond acceptors (Lipinski definition) is 4. The maximum atomic E-state index is 12.2. The molecule has 1 aliphatic heterocycles. The van der Waals surface area contributed by atoms with Crippen molar-refractivity contribution in [3.05, 3.63) is 11.6 Å². The van der Waals surface area contributed by atoms with Gasteiger partial charge in [0.05, 0.1) is 6.10 Å². The maximum absolute atomic E-state index is 12.2. The van der Waals surface area contributed by atoms with Gasteiger partial charge in [-0.3, -0.25) is 9.59 Å². The smallest absolute Gasteiger partial charge is 0.302 e. The highest BCUT2D eigenvalue weighted by molar-refractivity contribution is 5.95. The Labute approximate surface area is 162 Å². The Kier molecular flexibility index (Phi) is 3.62. The summed E-state index contributed by atoms with van der Waals surface area (Å²) in [6.07, 6.45) is 9.96. The number of ketones is 1. The van der Waals surface area contributed by atoms with Gasteiger partial charge in [-0.25, -0.2) is 0 Å². The van der Waals surface area contributed by atoms with Gasteiger partial charge in [-0.1, -0.05) is 19.9 Å². The number of hydrogen-bond donors (Lipinski definition) is 0. The van der Waals surface area contributed by atoms with Crippen LogP contribution in [0.4, 0.5) is 0 Å². The molecule has 0 aromatic carbocycles. The molecular weight excluding hydrogens is 340 g/mol. The Morgan fingerprint density at radius 2 is 1.93 bits per heavy atom. The molecule has 1 spiro atoms. The van der Waals surface area contributed by atoms with Gasteiger partial charge in [0.1, 0.15) is 11.7 Å². The number of esters is 1. The highest BCUT2D eigenvalue weighted by Gasteiger charge is 2.76. The molecule has 0 amide bonds. The van der Waals surface area contributed by atoms with Crippen molar-refractivity contribution in [1.29, 1.82) is 0 Å². The summed E-state index contributed by atoms with van der Waals surface area (Å²) in [5, 5.41) is 0. The van der Waals surface area contributed by atoms with E-state index in [9.17, 15) is 9.59 Å². The lowest BCUT2D eigenvalue weighted by Crippen LogP contribution is -2.58. The Morgan fingerprint density at radius 1 is 1.15 bits per heavy atom. The van der Waals surface area contributed by atoms with Crippen molar-refractivity contribution >= 4 is 11.8 Å². The molecule has 4 fully saturated rings. The standard InChI is InChI=1S/C23H32O4/c1-13(24)17-5-6-18-16-11-20-23(27-20)12-15(26-14(2)25)7-10-22(23,4)19(16)8-9-21(17,18)3/h5,15-16,18-20H,6-12H2,1-4H3/t15-,16-,18-,19+,20-,21-,22-,23-/m0/s1. The first kappa shape index (κ1) is 17.9. The highest BCUT2D eigenvalue weighted by Crippen LogP contribution is 2.73. The Bertz CT molecular complexity index is 741. The van der Waals surface area contributed by atoms with Gasteiger partial charge < -0.3 is 9.47 Å². The van der Waals surface area contributed by atoms with Gasteiger partial charge in [-0.05, 0) is 74.2 Å². The van der Waals surface area contributed by atoms with E-state index in [0.717, 1.165) is 44.1 Å². The Hall–Kier alpha value is -1.16. The quantitative estimate of drug-likeness (QED) is 0.538. The van der Waals surface area contributed by atoms with Gasteiger partial charge in [0.15, 0.2) is 5.78 Å². The molecule has 4 aliphatic carbocycles. The third kappa shape index (κ3) is 2.19. The number of Topliss-reactive ketones (excluding diaryl/α,β-unsaturated/α-hetero) is 1. The molecule has 148 valence electrons. The van der Waals surface area contributed by atoms with Crippen LogP contribution in [0.2, 0.25) is 0 Å². The third-order valence-electron chi connectivity index (χ3n) is 9.33. The van der Waals surface area contributed by atoms with E-state index in [0.29, 0.717) is 23.9 Å². The van der Waals surface area contributed by atoms with Crippen molar-refractivity contribution in [3.8, 4) is 0 Å². The van der Waals surface area contributed by atoms with Crippen LogP contribution in [0.3, 0.4) is 0 Å². The summed E-state index contributed by atoms with van der Waals surface area (Å²) >= 11 is 0. The molecule has 0 aromatic heterocycles. The lowest BCUT2D eigenvalue weighted by molar-refractivity contribution is -0.156. The lowest BCUT2D eigenvalue weighted by atomic mass is 9.44. The van der Waals surface area contributed by atoms with E-state index in [1.165, 1.54) is 13.3 Å². The van der Waals surface area contributed by atoms with Gasteiger partial charge in [0.2, 0.25) is 0 Å². The SMILES string of the molecule is CC(=O)O[C@H]1CC[C@@]2(C)[C@@H]3CC[C@@]4(C)C(C(C)=O)=CC[C@H]4[C@@H]3C[C@@H]3O[C@@]32C1. The summed E-state index contributed by atoms with van der Waals surface area (Å²) in [7, 11) is 0. The molecule has 5 aliphatic rings. The van der Waals surface area contributed by atoms with Crippen LogP contribution < -0.4 is 0 Å². The monoisotopic (exact) mass is 372 g/mol. The van der Waals surface area contributed by atoms with Crippen LogP contribution in [0, 0.1) is 28.6 Å². The second-order valence-electron chi connectivity index (χ2n) is 10.4. The number of ether oxygens (including phenoxy) is 2. The second-order valence-corrected chi connectivity index (χ2v) is 10.4. The first-order valence-electron chi connectivity index (χ1n) is 10.8. The molecule has 4 nitrogen and oxygen atoms in total. The molecule has 27 heavy (non-hydrogen) atoms. The van der Waals surface area contributed by atoms with Gasteiger partial charge >= 0.3 is 5.97 Å². The number of carbonyl (C=O) groups excluding carboxylic acids is 2. The predicted octanol–water partition coefficient (Wildman–Crippen LogP) is 4.22. The molecular formula is C23H32O4. The fourth-order valence-electron chi connectivity index (χ4n) is 8.09. The minimum absolute atomic E-state index is 0.0171. The molecule has 0 radical (unpaired) electrons. The molecule has 0 N–H and O–H groups in total. The van der Waals surface area contributed by atoms with E-state index in [4.69, 9.17) is 9.47 Å². The number of carbonyl (C=O) groups is 2. The maximum Gasteiger partial charge on any atom is 0.302 e. The Morgan fingerprint density at radius 3 is 2.63 bits per heavy atom.